The number of piperazine rings is 1. The topological polar surface area (TPSA) is 127 Å². The fraction of sp³-hybridized carbons (Fsp3) is 0.214. The predicted octanol–water partition coefficient (Wildman–Crippen LogP) is 3.26. The number of pyridine rings is 1. The van der Waals surface area contributed by atoms with Crippen molar-refractivity contribution >= 4 is 47.1 Å². The quantitative estimate of drug-likeness (QED) is 0.166. The number of fused-ring (bicyclic) bond motifs is 1. The monoisotopic (exact) mass is 511 g/mol. The number of carbonyl (C=O) groups excluding carboxylic acids is 2. The normalized spacial score (nSPS) is 13.6. The Balaban J connectivity index is 0.00000195. The summed E-state index contributed by atoms with van der Waals surface area (Å²) in [5.41, 5.74) is 2.42. The van der Waals surface area contributed by atoms with Crippen LogP contribution in [0.4, 0.5) is 0 Å². The number of amides is 1. The Morgan fingerprint density at radius 3 is 2.42 bits per heavy atom. The summed E-state index contributed by atoms with van der Waals surface area (Å²) in [5, 5.41) is 8.90. The van der Waals surface area contributed by atoms with E-state index in [1.54, 1.807) is 13.1 Å². The zero-order chi connectivity index (χ0) is 27.7. The summed E-state index contributed by atoms with van der Waals surface area (Å²) < 4.78 is 5.46. The molecule has 0 spiro atoms. The van der Waals surface area contributed by atoms with Gasteiger partial charge >= 0.3 is 0 Å². The van der Waals surface area contributed by atoms with E-state index >= 15 is 0 Å². The van der Waals surface area contributed by atoms with E-state index in [-0.39, 0.29) is 5.56 Å². The number of ketones is 1. The minimum absolute atomic E-state index is 0.196. The highest BCUT2D eigenvalue weighted by atomic mass is 16.5. The molecule has 2 N–H and O–H groups in total. The highest BCUT2D eigenvalue weighted by Crippen LogP contribution is 2.33. The maximum Gasteiger partial charge on any atom is 0.295 e. The van der Waals surface area contributed by atoms with Crippen molar-refractivity contribution in [3.8, 4) is 18.6 Å². The number of terminal acetylenes is 1. The van der Waals surface area contributed by atoms with Gasteiger partial charge in [-0.1, -0.05) is 30.3 Å². The second kappa shape index (κ2) is 12.8. The van der Waals surface area contributed by atoms with Crippen LogP contribution >= 0.6 is 0 Å². The van der Waals surface area contributed by atoms with Gasteiger partial charge in [-0.3, -0.25) is 25.0 Å². The SMILES string of the molecule is C#C.C=N/C=C(\N=CC)c1ncc(OC)c2c(C(=O)C(=O)N3CCN(C(=N)c4ccccc4)CC3)c[nH]c12. The maximum absolute atomic E-state index is 13.3. The number of nitrogens with zero attached hydrogens (tertiary/aromatic N) is 5. The fourth-order valence-corrected chi connectivity index (χ4v) is 4.20. The molecule has 38 heavy (non-hydrogen) atoms. The number of rotatable bonds is 7. The smallest absolute Gasteiger partial charge is 0.295 e. The summed E-state index contributed by atoms with van der Waals surface area (Å²) in [6.07, 6.45) is 14.1. The zero-order valence-corrected chi connectivity index (χ0v) is 21.3. The molecule has 3 aromatic rings. The van der Waals surface area contributed by atoms with E-state index in [1.807, 2.05) is 35.2 Å². The van der Waals surface area contributed by atoms with Gasteiger partial charge in [0.2, 0.25) is 0 Å². The number of hydrogen-bond donors (Lipinski definition) is 2. The highest BCUT2D eigenvalue weighted by Gasteiger charge is 2.31. The number of amidine groups is 1. The minimum Gasteiger partial charge on any atom is -0.494 e. The van der Waals surface area contributed by atoms with E-state index in [4.69, 9.17) is 10.1 Å². The van der Waals surface area contributed by atoms with Gasteiger partial charge in [-0.15, -0.1) is 12.8 Å². The van der Waals surface area contributed by atoms with Gasteiger partial charge in [0.1, 0.15) is 23.0 Å². The molecule has 0 unspecified atom stereocenters. The molecular formula is C28H29N7O3. The number of aliphatic imine (C=N–C) groups is 2. The average molecular weight is 512 g/mol. The molecule has 0 bridgehead atoms. The second-order valence-corrected chi connectivity index (χ2v) is 8.03. The van der Waals surface area contributed by atoms with Crippen molar-refractivity contribution in [3.63, 3.8) is 0 Å². The van der Waals surface area contributed by atoms with Crippen molar-refractivity contribution in [1.82, 2.24) is 19.8 Å². The number of aromatic amines is 1. The first kappa shape index (κ1) is 27.5. The maximum atomic E-state index is 13.3. The van der Waals surface area contributed by atoms with E-state index < -0.39 is 11.7 Å². The fourth-order valence-electron chi connectivity index (χ4n) is 4.20. The number of hydrogen-bond acceptors (Lipinski definition) is 7. The number of methoxy groups -OCH3 is 1. The largest absolute Gasteiger partial charge is 0.494 e. The third-order valence-electron chi connectivity index (χ3n) is 5.99. The van der Waals surface area contributed by atoms with Crippen molar-refractivity contribution in [2.24, 2.45) is 9.98 Å². The van der Waals surface area contributed by atoms with Crippen LogP contribution in [-0.2, 0) is 4.79 Å². The van der Waals surface area contributed by atoms with Gasteiger partial charge in [0.15, 0.2) is 0 Å². The average Bonchev–Trinajstić information content (AvgIpc) is 3.42. The van der Waals surface area contributed by atoms with E-state index in [1.165, 1.54) is 30.6 Å². The molecule has 3 heterocycles. The number of nitrogens with one attached hydrogen (secondary N) is 2. The molecule has 1 aromatic carbocycles. The number of benzene rings is 1. The first-order valence-corrected chi connectivity index (χ1v) is 11.7. The second-order valence-electron chi connectivity index (χ2n) is 8.03. The third-order valence-corrected chi connectivity index (χ3v) is 5.99. The highest BCUT2D eigenvalue weighted by molar-refractivity contribution is 6.45. The van der Waals surface area contributed by atoms with E-state index in [9.17, 15) is 9.59 Å². The Hall–Kier alpha value is -5.04. The predicted molar refractivity (Wildman–Crippen MR) is 150 cm³/mol. The Morgan fingerprint density at radius 1 is 1.16 bits per heavy atom. The molecule has 2 aromatic heterocycles. The molecule has 1 saturated heterocycles. The van der Waals surface area contributed by atoms with Crippen LogP contribution in [0.5, 0.6) is 5.75 Å². The Bertz CT molecular complexity index is 1410. The van der Waals surface area contributed by atoms with Gasteiger partial charge in [0.25, 0.3) is 11.7 Å². The van der Waals surface area contributed by atoms with E-state index in [0.717, 1.165) is 5.56 Å². The summed E-state index contributed by atoms with van der Waals surface area (Å²) in [6.45, 7) is 6.87. The summed E-state index contributed by atoms with van der Waals surface area (Å²) in [4.78, 5) is 45.5. The lowest BCUT2D eigenvalue weighted by atomic mass is 10.1. The van der Waals surface area contributed by atoms with Crippen LogP contribution in [-0.4, -0.2) is 83.5 Å². The number of aromatic nitrogens is 2. The Labute approximate surface area is 221 Å². The first-order valence-electron chi connectivity index (χ1n) is 11.7. The molecule has 10 nitrogen and oxygen atoms in total. The third kappa shape index (κ3) is 5.52. The molecule has 194 valence electrons. The summed E-state index contributed by atoms with van der Waals surface area (Å²) in [7, 11) is 1.48. The van der Waals surface area contributed by atoms with E-state index in [0.29, 0.717) is 60.1 Å². The molecule has 1 amide bonds. The Morgan fingerprint density at radius 2 is 1.82 bits per heavy atom. The van der Waals surface area contributed by atoms with Crippen LogP contribution in [0.1, 0.15) is 28.5 Å². The van der Waals surface area contributed by atoms with Gasteiger partial charge in [0.05, 0.1) is 36.0 Å². The lowest BCUT2D eigenvalue weighted by Gasteiger charge is -2.35. The Kier molecular flexibility index (Phi) is 9.26. The summed E-state index contributed by atoms with van der Waals surface area (Å²) in [6, 6.07) is 9.45. The van der Waals surface area contributed by atoms with Crippen LogP contribution in [0.15, 0.2) is 58.9 Å². The minimum atomic E-state index is -0.644. The zero-order valence-electron chi connectivity index (χ0n) is 21.3. The van der Waals surface area contributed by atoms with Crippen molar-refractivity contribution in [1.29, 1.82) is 5.41 Å². The van der Waals surface area contributed by atoms with Crippen LogP contribution in [0.3, 0.4) is 0 Å². The molecule has 1 aliphatic heterocycles. The molecule has 0 radical (unpaired) electrons. The summed E-state index contributed by atoms with van der Waals surface area (Å²) >= 11 is 0. The number of Topliss-reactive ketones (excluding diaryl/α,β-unsaturated/α-hetero) is 1. The number of H-pyrrole nitrogens is 1. The van der Waals surface area contributed by atoms with Gasteiger partial charge < -0.3 is 19.5 Å². The van der Waals surface area contributed by atoms with Crippen molar-refractivity contribution in [3.05, 3.63) is 65.7 Å². The van der Waals surface area contributed by atoms with Crippen molar-refractivity contribution in [2.75, 3.05) is 33.3 Å². The molecular weight excluding hydrogens is 482 g/mol. The van der Waals surface area contributed by atoms with Crippen LogP contribution < -0.4 is 4.74 Å². The molecule has 1 fully saturated rings. The molecule has 0 saturated carbocycles. The van der Waals surface area contributed by atoms with Gasteiger partial charge in [-0.25, -0.2) is 4.98 Å². The van der Waals surface area contributed by atoms with Gasteiger partial charge in [0, 0.05) is 44.2 Å². The van der Waals surface area contributed by atoms with E-state index in [2.05, 4.69) is 39.5 Å². The molecule has 0 aliphatic carbocycles. The molecule has 1 aliphatic rings. The summed E-state index contributed by atoms with van der Waals surface area (Å²) in [5.74, 6) is -0.478. The molecule has 0 atom stereocenters. The lowest BCUT2D eigenvalue weighted by molar-refractivity contribution is -0.127. The van der Waals surface area contributed by atoms with Gasteiger partial charge in [-0.05, 0) is 13.6 Å². The lowest BCUT2D eigenvalue weighted by Crippen LogP contribution is -2.52. The van der Waals surface area contributed by atoms with Crippen LogP contribution in [0, 0.1) is 18.3 Å². The van der Waals surface area contributed by atoms with Crippen molar-refractivity contribution < 1.29 is 14.3 Å². The van der Waals surface area contributed by atoms with Crippen LogP contribution in [0.2, 0.25) is 0 Å². The van der Waals surface area contributed by atoms with Gasteiger partial charge in [-0.2, -0.15) is 0 Å². The standard InChI is InChI=1S/C26H27N7O3.C2H2/c1-4-29-19(15-28-2)22-23-21(20(36-3)16-31-22)18(14-30-23)24(34)26(35)33-12-10-32(11-13-33)25(27)17-8-6-5-7-9-17;1-2/h4-9,14-16,27,30H,2,10-13H2,1,3H3;1-2H/b19-15-,27-25?,29-4?;. The number of ether oxygens (including phenoxy) is 1. The van der Waals surface area contributed by atoms with Crippen molar-refractivity contribution in [2.45, 2.75) is 6.92 Å². The number of carbonyl (C=O) groups is 2. The van der Waals surface area contributed by atoms with Crippen LogP contribution in [0.25, 0.3) is 16.6 Å². The molecule has 4 rings (SSSR count). The molecule has 10 heteroatoms. The first-order chi connectivity index (χ1) is 18.5.